The zero-order valence-electron chi connectivity index (χ0n) is 12.9. The predicted molar refractivity (Wildman–Crippen MR) is 76.8 cm³/mol. The summed E-state index contributed by atoms with van der Waals surface area (Å²) < 4.78 is 5.80. The Morgan fingerprint density at radius 1 is 1.06 bits per heavy atom. The third-order valence-corrected chi connectivity index (χ3v) is 4.84. The van der Waals surface area contributed by atoms with Gasteiger partial charge in [0.25, 0.3) is 0 Å². The number of nitrogens with one attached hydrogen (secondary N) is 1. The van der Waals surface area contributed by atoms with Gasteiger partial charge >= 0.3 is 0 Å². The van der Waals surface area contributed by atoms with Crippen LogP contribution in [0.25, 0.3) is 0 Å². The van der Waals surface area contributed by atoms with Crippen LogP contribution in [0.2, 0.25) is 0 Å². The van der Waals surface area contributed by atoms with Crippen molar-refractivity contribution in [3.05, 3.63) is 0 Å². The van der Waals surface area contributed by atoms with Crippen molar-refractivity contribution in [2.24, 2.45) is 11.3 Å². The fraction of sp³-hybridized carbons (Fsp3) is 1.00. The van der Waals surface area contributed by atoms with E-state index in [0.717, 1.165) is 25.0 Å². The van der Waals surface area contributed by atoms with Crippen LogP contribution in [0.15, 0.2) is 0 Å². The van der Waals surface area contributed by atoms with Gasteiger partial charge in [0.05, 0.1) is 5.60 Å². The van der Waals surface area contributed by atoms with E-state index in [2.05, 4.69) is 39.9 Å². The molecule has 1 heterocycles. The summed E-state index contributed by atoms with van der Waals surface area (Å²) in [5, 5.41) is 3.92. The Kier molecular flexibility index (Phi) is 4.08. The molecule has 2 heteroatoms. The van der Waals surface area contributed by atoms with Gasteiger partial charge in [0.15, 0.2) is 0 Å². The lowest BCUT2D eigenvalue weighted by Gasteiger charge is -2.43. The van der Waals surface area contributed by atoms with Crippen molar-refractivity contribution in [2.75, 3.05) is 6.61 Å². The third-order valence-electron chi connectivity index (χ3n) is 4.84. The van der Waals surface area contributed by atoms with Gasteiger partial charge in [-0.3, -0.25) is 0 Å². The first-order valence-electron chi connectivity index (χ1n) is 7.67. The molecule has 1 saturated heterocycles. The number of ether oxygens (including phenoxy) is 1. The third kappa shape index (κ3) is 3.71. The van der Waals surface area contributed by atoms with Gasteiger partial charge in [-0.1, -0.05) is 20.8 Å². The molecule has 2 fully saturated rings. The molecule has 0 bridgehead atoms. The lowest BCUT2D eigenvalue weighted by Crippen LogP contribution is -2.51. The maximum Gasteiger partial charge on any atom is 0.0641 e. The zero-order chi connectivity index (χ0) is 13.4. The Morgan fingerprint density at radius 2 is 1.78 bits per heavy atom. The van der Waals surface area contributed by atoms with Crippen molar-refractivity contribution in [1.29, 1.82) is 0 Å². The van der Waals surface area contributed by atoms with Crippen LogP contribution in [0.3, 0.4) is 0 Å². The molecule has 0 radical (unpaired) electrons. The summed E-state index contributed by atoms with van der Waals surface area (Å²) in [6, 6.07) is 1.37. The van der Waals surface area contributed by atoms with E-state index in [9.17, 15) is 0 Å². The molecule has 1 saturated carbocycles. The fourth-order valence-electron chi connectivity index (χ4n) is 3.87. The smallest absolute Gasteiger partial charge is 0.0641 e. The van der Waals surface area contributed by atoms with Gasteiger partial charge in [-0.25, -0.2) is 0 Å². The molecule has 2 rings (SSSR count). The van der Waals surface area contributed by atoms with Gasteiger partial charge < -0.3 is 10.1 Å². The van der Waals surface area contributed by atoms with Crippen LogP contribution in [0.1, 0.15) is 66.7 Å². The minimum absolute atomic E-state index is 0.0626. The van der Waals surface area contributed by atoms with Gasteiger partial charge in [0.1, 0.15) is 0 Å². The summed E-state index contributed by atoms with van der Waals surface area (Å²) in [7, 11) is 0. The molecule has 0 amide bonds. The maximum absolute atomic E-state index is 5.80. The number of rotatable bonds is 2. The van der Waals surface area contributed by atoms with Gasteiger partial charge in [0.2, 0.25) is 0 Å². The number of hydrogen-bond acceptors (Lipinski definition) is 2. The summed E-state index contributed by atoms with van der Waals surface area (Å²) in [6.45, 7) is 12.6. The molecule has 1 N–H and O–H groups in total. The van der Waals surface area contributed by atoms with Crippen LogP contribution in [0, 0.1) is 11.3 Å². The van der Waals surface area contributed by atoms with Gasteiger partial charge in [-0.15, -0.1) is 0 Å². The molecular formula is C16H31NO. The second-order valence-electron chi connectivity index (χ2n) is 7.96. The van der Waals surface area contributed by atoms with Crippen molar-refractivity contribution >= 4 is 0 Å². The van der Waals surface area contributed by atoms with Crippen LogP contribution < -0.4 is 5.32 Å². The van der Waals surface area contributed by atoms with Crippen LogP contribution in [-0.4, -0.2) is 24.3 Å². The fourth-order valence-corrected chi connectivity index (χ4v) is 3.87. The van der Waals surface area contributed by atoms with E-state index in [4.69, 9.17) is 4.74 Å². The highest BCUT2D eigenvalue weighted by Gasteiger charge is 2.35. The maximum atomic E-state index is 5.80. The summed E-state index contributed by atoms with van der Waals surface area (Å²) in [5.41, 5.74) is 0.611. The molecule has 1 aliphatic carbocycles. The molecule has 0 aromatic heterocycles. The predicted octanol–water partition coefficient (Wildman–Crippen LogP) is 3.75. The second kappa shape index (κ2) is 5.13. The van der Waals surface area contributed by atoms with Crippen LogP contribution in [-0.2, 0) is 4.74 Å². The van der Waals surface area contributed by atoms with Crippen LogP contribution in [0.4, 0.5) is 0 Å². The first-order valence-corrected chi connectivity index (χ1v) is 7.67. The van der Waals surface area contributed by atoms with Gasteiger partial charge in [-0.05, 0) is 57.3 Å². The average Bonchev–Trinajstić information content (AvgIpc) is 2.20. The minimum Gasteiger partial charge on any atom is -0.375 e. The van der Waals surface area contributed by atoms with E-state index in [1.807, 2.05) is 0 Å². The largest absolute Gasteiger partial charge is 0.375 e. The molecule has 3 atom stereocenters. The van der Waals surface area contributed by atoms with E-state index in [-0.39, 0.29) is 5.60 Å². The second-order valence-corrected chi connectivity index (χ2v) is 7.96. The van der Waals surface area contributed by atoms with E-state index >= 15 is 0 Å². The molecule has 1 aliphatic heterocycles. The van der Waals surface area contributed by atoms with Crippen LogP contribution in [0.5, 0.6) is 0 Å². The molecular weight excluding hydrogens is 222 g/mol. The standard InChI is InChI=1S/C16H31NO/c1-12-10-15(2,3)8-6-14(12)17-13-7-9-18-16(4,5)11-13/h12-14,17H,6-11H2,1-5H3. The lowest BCUT2D eigenvalue weighted by molar-refractivity contribution is -0.0661. The van der Waals surface area contributed by atoms with E-state index in [0.29, 0.717) is 11.5 Å². The van der Waals surface area contributed by atoms with Crippen LogP contribution >= 0.6 is 0 Å². The monoisotopic (exact) mass is 253 g/mol. The highest BCUT2D eigenvalue weighted by molar-refractivity contribution is 4.91. The van der Waals surface area contributed by atoms with Gasteiger partial charge in [0, 0.05) is 18.7 Å². The Morgan fingerprint density at radius 3 is 2.39 bits per heavy atom. The Hall–Kier alpha value is -0.0800. The highest BCUT2D eigenvalue weighted by atomic mass is 16.5. The van der Waals surface area contributed by atoms with Crippen molar-refractivity contribution < 1.29 is 4.74 Å². The molecule has 0 aromatic carbocycles. The van der Waals surface area contributed by atoms with Crippen molar-refractivity contribution in [1.82, 2.24) is 5.32 Å². The molecule has 18 heavy (non-hydrogen) atoms. The van der Waals surface area contributed by atoms with Crippen molar-refractivity contribution in [3.63, 3.8) is 0 Å². The first kappa shape index (κ1) is 14.3. The van der Waals surface area contributed by atoms with E-state index in [1.165, 1.54) is 25.7 Å². The Balaban J connectivity index is 1.86. The average molecular weight is 253 g/mol. The topological polar surface area (TPSA) is 21.3 Å². The molecule has 2 aliphatic rings. The summed E-state index contributed by atoms with van der Waals surface area (Å²) in [5.74, 6) is 0.805. The summed E-state index contributed by atoms with van der Waals surface area (Å²) in [4.78, 5) is 0. The quantitative estimate of drug-likeness (QED) is 0.809. The minimum atomic E-state index is 0.0626. The van der Waals surface area contributed by atoms with E-state index in [1.54, 1.807) is 0 Å². The molecule has 3 unspecified atom stereocenters. The molecule has 0 spiro atoms. The molecule has 2 nitrogen and oxygen atoms in total. The van der Waals surface area contributed by atoms with Crippen molar-refractivity contribution in [3.8, 4) is 0 Å². The number of hydrogen-bond donors (Lipinski definition) is 1. The summed E-state index contributed by atoms with van der Waals surface area (Å²) >= 11 is 0. The SMILES string of the molecule is CC1CC(C)(C)CCC1NC1CCOC(C)(C)C1. The lowest BCUT2D eigenvalue weighted by atomic mass is 9.70. The van der Waals surface area contributed by atoms with Gasteiger partial charge in [-0.2, -0.15) is 0 Å². The Bertz CT molecular complexity index is 285. The van der Waals surface area contributed by atoms with Crippen molar-refractivity contribution in [2.45, 2.75) is 84.4 Å². The summed E-state index contributed by atoms with van der Waals surface area (Å²) in [6.07, 6.45) is 6.39. The Labute approximate surface area is 113 Å². The molecule has 106 valence electrons. The highest BCUT2D eigenvalue weighted by Crippen LogP contribution is 2.39. The van der Waals surface area contributed by atoms with E-state index < -0.39 is 0 Å². The molecule has 0 aromatic rings. The normalized spacial score (nSPS) is 39.5. The zero-order valence-corrected chi connectivity index (χ0v) is 12.9. The first-order chi connectivity index (χ1) is 8.27.